The Morgan fingerprint density at radius 1 is 1.24 bits per heavy atom. The highest BCUT2D eigenvalue weighted by molar-refractivity contribution is 7.89. The molecule has 1 amide bonds. The summed E-state index contributed by atoms with van der Waals surface area (Å²) in [4.78, 5) is 17.1. The number of aryl methyl sites for hydroxylation is 1. The Morgan fingerprint density at radius 2 is 2.04 bits per heavy atom. The van der Waals surface area contributed by atoms with Crippen LogP contribution in [0.2, 0.25) is 0 Å². The summed E-state index contributed by atoms with van der Waals surface area (Å²) in [6, 6.07) is 3.15. The summed E-state index contributed by atoms with van der Waals surface area (Å²) in [5.74, 6) is 0.157. The topological polar surface area (TPSA) is 102 Å². The minimum absolute atomic E-state index is 0.0712. The first-order valence-electron chi connectivity index (χ1n) is 8.37. The number of benzene rings is 1. The largest absolute Gasteiger partial charge is 0.298 e. The highest BCUT2D eigenvalue weighted by atomic mass is 32.2. The predicted molar refractivity (Wildman–Crippen MR) is 96.5 cm³/mol. The van der Waals surface area contributed by atoms with Crippen LogP contribution in [0.5, 0.6) is 0 Å². The smallest absolute Gasteiger partial charge is 0.257 e. The molecule has 132 valence electrons. The zero-order valence-electron chi connectivity index (χ0n) is 13.6. The summed E-state index contributed by atoms with van der Waals surface area (Å²) in [7, 11) is -3.85. The van der Waals surface area contributed by atoms with Gasteiger partial charge in [-0.2, -0.15) is 0 Å². The molecule has 0 bridgehead atoms. The Kier molecular flexibility index (Phi) is 4.13. The number of nitrogens with zero attached hydrogens (tertiary/aromatic N) is 1. The molecule has 2 aliphatic carbocycles. The number of primary sulfonamides is 1. The van der Waals surface area contributed by atoms with Gasteiger partial charge in [0.25, 0.3) is 5.91 Å². The monoisotopic (exact) mass is 377 g/mol. The number of hydrogen-bond donors (Lipinski definition) is 2. The summed E-state index contributed by atoms with van der Waals surface area (Å²) >= 11 is 1.40. The van der Waals surface area contributed by atoms with E-state index in [2.05, 4.69) is 10.3 Å². The van der Waals surface area contributed by atoms with Gasteiger partial charge in [-0.15, -0.1) is 11.3 Å². The van der Waals surface area contributed by atoms with E-state index < -0.39 is 10.0 Å². The van der Waals surface area contributed by atoms with Crippen LogP contribution >= 0.6 is 11.3 Å². The van der Waals surface area contributed by atoms with Crippen LogP contribution in [0.1, 0.15) is 58.8 Å². The summed E-state index contributed by atoms with van der Waals surface area (Å²) in [5, 5.41) is 10.7. The van der Waals surface area contributed by atoms with E-state index in [0.29, 0.717) is 23.0 Å². The van der Waals surface area contributed by atoms with Crippen molar-refractivity contribution in [1.82, 2.24) is 4.98 Å². The highest BCUT2D eigenvalue weighted by Gasteiger charge is 2.25. The van der Waals surface area contributed by atoms with E-state index in [4.69, 9.17) is 5.14 Å². The number of nitrogens with one attached hydrogen (secondary N) is 1. The molecule has 2 aliphatic rings. The van der Waals surface area contributed by atoms with Crippen LogP contribution in [-0.2, 0) is 22.9 Å². The van der Waals surface area contributed by atoms with Crippen molar-refractivity contribution in [1.29, 1.82) is 0 Å². The minimum atomic E-state index is -3.85. The van der Waals surface area contributed by atoms with Crippen molar-refractivity contribution in [2.24, 2.45) is 5.14 Å². The van der Waals surface area contributed by atoms with Crippen molar-refractivity contribution in [3.05, 3.63) is 39.9 Å². The fourth-order valence-electron chi connectivity index (χ4n) is 3.45. The first-order chi connectivity index (χ1) is 11.9. The average Bonchev–Trinajstić information content (AvgIpc) is 3.12. The molecule has 2 aromatic rings. The maximum Gasteiger partial charge on any atom is 0.257 e. The van der Waals surface area contributed by atoms with Gasteiger partial charge in [0.15, 0.2) is 5.13 Å². The van der Waals surface area contributed by atoms with Crippen molar-refractivity contribution in [2.45, 2.75) is 49.3 Å². The normalized spacial score (nSPS) is 17.2. The molecule has 0 unspecified atom stereocenters. The standard InChI is InChI=1S/C17H19N3O3S2/c18-25(22,23)15-8-12(7-11-5-2-6-13(11)15)16(21)20-17-19-14(9-24-17)10-3-1-4-10/h7-10H,1-6H2,(H2,18,22,23)(H,19,20,21). The number of rotatable bonds is 4. The predicted octanol–water partition coefficient (Wildman–Crippen LogP) is 2.80. The first kappa shape index (κ1) is 16.7. The Bertz CT molecular complexity index is 946. The van der Waals surface area contributed by atoms with Crippen LogP contribution in [-0.4, -0.2) is 19.3 Å². The van der Waals surface area contributed by atoms with Gasteiger partial charge >= 0.3 is 0 Å². The van der Waals surface area contributed by atoms with Gasteiger partial charge in [0, 0.05) is 16.9 Å². The van der Waals surface area contributed by atoms with Crippen LogP contribution in [0.25, 0.3) is 0 Å². The van der Waals surface area contributed by atoms with Crippen molar-refractivity contribution in [2.75, 3.05) is 5.32 Å². The third-order valence-electron chi connectivity index (χ3n) is 5.01. The van der Waals surface area contributed by atoms with Gasteiger partial charge in [0.05, 0.1) is 10.6 Å². The van der Waals surface area contributed by atoms with Crippen LogP contribution in [0, 0.1) is 0 Å². The van der Waals surface area contributed by atoms with Crippen LogP contribution in [0.15, 0.2) is 22.4 Å². The molecule has 25 heavy (non-hydrogen) atoms. The number of amides is 1. The van der Waals surface area contributed by atoms with E-state index in [9.17, 15) is 13.2 Å². The average molecular weight is 377 g/mol. The Balaban J connectivity index is 1.61. The second kappa shape index (κ2) is 6.19. The number of nitrogens with two attached hydrogens (primary N) is 1. The number of fused-ring (bicyclic) bond motifs is 1. The number of anilines is 1. The lowest BCUT2D eigenvalue weighted by molar-refractivity contribution is 0.102. The first-order valence-corrected chi connectivity index (χ1v) is 10.8. The van der Waals surface area contributed by atoms with Gasteiger partial charge in [-0.1, -0.05) is 6.42 Å². The number of carbonyl (C=O) groups is 1. The molecule has 3 N–H and O–H groups in total. The van der Waals surface area contributed by atoms with Crippen molar-refractivity contribution < 1.29 is 13.2 Å². The SMILES string of the molecule is NS(=O)(=O)c1cc(C(=O)Nc2nc(C3CCC3)cs2)cc2c1CCC2. The number of carbonyl (C=O) groups excluding carboxylic acids is 1. The summed E-state index contributed by atoms with van der Waals surface area (Å²) in [6.07, 6.45) is 5.86. The van der Waals surface area contributed by atoms with Gasteiger partial charge < -0.3 is 0 Å². The van der Waals surface area contributed by atoms with Crippen LogP contribution in [0.3, 0.4) is 0 Å². The van der Waals surface area contributed by atoms with Gasteiger partial charge in [-0.05, 0) is 55.4 Å². The number of sulfonamides is 1. The van der Waals surface area contributed by atoms with Gasteiger partial charge in [0.2, 0.25) is 10.0 Å². The summed E-state index contributed by atoms with van der Waals surface area (Å²) < 4.78 is 23.8. The minimum Gasteiger partial charge on any atom is -0.298 e. The van der Waals surface area contributed by atoms with Crippen LogP contribution in [0.4, 0.5) is 5.13 Å². The van der Waals surface area contributed by atoms with E-state index >= 15 is 0 Å². The van der Waals surface area contributed by atoms with Gasteiger partial charge in [0.1, 0.15) is 0 Å². The molecular formula is C17H19N3O3S2. The third kappa shape index (κ3) is 3.21. The zero-order valence-corrected chi connectivity index (χ0v) is 15.3. The molecule has 0 aliphatic heterocycles. The fourth-order valence-corrected chi connectivity index (χ4v) is 5.11. The Hall–Kier alpha value is -1.77. The van der Waals surface area contributed by atoms with Crippen molar-refractivity contribution >= 4 is 32.4 Å². The Labute approximate surface area is 150 Å². The molecule has 0 saturated heterocycles. The molecular weight excluding hydrogens is 358 g/mol. The summed E-state index contributed by atoms with van der Waals surface area (Å²) in [6.45, 7) is 0. The lowest BCUT2D eigenvalue weighted by Crippen LogP contribution is -2.18. The third-order valence-corrected chi connectivity index (χ3v) is 6.76. The molecule has 8 heteroatoms. The molecule has 0 spiro atoms. The highest BCUT2D eigenvalue weighted by Crippen LogP contribution is 2.37. The molecule has 1 saturated carbocycles. The molecule has 1 fully saturated rings. The van der Waals surface area contributed by atoms with Gasteiger partial charge in [-0.3, -0.25) is 10.1 Å². The number of hydrogen-bond acceptors (Lipinski definition) is 5. The van der Waals surface area contributed by atoms with E-state index in [1.54, 1.807) is 6.07 Å². The van der Waals surface area contributed by atoms with Crippen LogP contribution < -0.4 is 10.5 Å². The van der Waals surface area contributed by atoms with Gasteiger partial charge in [-0.25, -0.2) is 18.5 Å². The zero-order chi connectivity index (χ0) is 17.6. The maximum atomic E-state index is 12.6. The van der Waals surface area contributed by atoms with E-state index in [1.807, 2.05) is 5.38 Å². The second-order valence-corrected chi connectivity index (χ2v) is 9.06. The molecule has 6 nitrogen and oxygen atoms in total. The molecule has 4 rings (SSSR count). The second-order valence-electron chi connectivity index (χ2n) is 6.67. The fraction of sp³-hybridized carbons (Fsp3) is 0.412. The maximum absolute atomic E-state index is 12.6. The molecule has 1 heterocycles. The van der Waals surface area contributed by atoms with Crippen molar-refractivity contribution in [3.8, 4) is 0 Å². The van der Waals surface area contributed by atoms with E-state index in [1.165, 1.54) is 23.8 Å². The number of aromatic nitrogens is 1. The lowest BCUT2D eigenvalue weighted by Gasteiger charge is -2.22. The number of thiazole rings is 1. The summed E-state index contributed by atoms with van der Waals surface area (Å²) in [5.41, 5.74) is 2.99. The molecule has 0 atom stereocenters. The lowest BCUT2D eigenvalue weighted by atomic mass is 9.83. The van der Waals surface area contributed by atoms with E-state index in [-0.39, 0.29) is 10.8 Å². The quantitative estimate of drug-likeness (QED) is 0.855. The molecule has 1 aromatic heterocycles. The molecule has 1 aromatic carbocycles. The van der Waals surface area contributed by atoms with E-state index in [0.717, 1.165) is 42.5 Å². The molecule has 0 radical (unpaired) electrons. The Morgan fingerprint density at radius 3 is 2.72 bits per heavy atom. The van der Waals surface area contributed by atoms with Crippen molar-refractivity contribution in [3.63, 3.8) is 0 Å².